The monoisotopic (exact) mass is 250 g/mol. The molecule has 2 atom stereocenters. The Bertz CT molecular complexity index is 554. The van der Waals surface area contributed by atoms with Crippen molar-refractivity contribution < 1.29 is 15.0 Å². The molecule has 0 aliphatic carbocycles. The first-order chi connectivity index (χ1) is 8.58. The van der Waals surface area contributed by atoms with Gasteiger partial charge < -0.3 is 15.5 Å². The summed E-state index contributed by atoms with van der Waals surface area (Å²) in [5, 5.41) is 32.4. The summed E-state index contributed by atoms with van der Waals surface area (Å²) < 4.78 is 0. The summed E-state index contributed by atoms with van der Waals surface area (Å²) in [4.78, 5) is 10.7. The molecular weight excluding hydrogens is 236 g/mol. The Morgan fingerprint density at radius 1 is 1.39 bits per heavy atom. The maximum absolute atomic E-state index is 10.7. The number of aromatic nitrogens is 3. The fourth-order valence-electron chi connectivity index (χ4n) is 1.62. The van der Waals surface area contributed by atoms with Crippen molar-refractivity contribution in [3.63, 3.8) is 0 Å². The predicted molar refractivity (Wildman–Crippen MR) is 63.5 cm³/mol. The topological polar surface area (TPSA) is 111 Å². The number of hydrogen-bond donors (Lipinski definition) is 4. The highest BCUT2D eigenvalue weighted by molar-refractivity contribution is 5.74. The molecule has 18 heavy (non-hydrogen) atoms. The van der Waals surface area contributed by atoms with E-state index in [0.717, 1.165) is 0 Å². The van der Waals surface area contributed by atoms with Crippen LogP contribution in [-0.2, 0) is 4.79 Å². The van der Waals surface area contributed by atoms with Gasteiger partial charge in [-0.15, -0.1) is 0 Å². The van der Waals surface area contributed by atoms with Crippen LogP contribution in [0.1, 0.15) is 18.6 Å². The van der Waals surface area contributed by atoms with E-state index in [0.29, 0.717) is 16.6 Å². The van der Waals surface area contributed by atoms with Crippen molar-refractivity contribution in [3.05, 3.63) is 23.8 Å². The number of nitrogens with zero attached hydrogens (tertiary/aromatic N) is 2. The molecule has 0 saturated heterocycles. The third kappa shape index (κ3) is 2.63. The maximum atomic E-state index is 10.7. The number of aliphatic hydroxyl groups excluding tert-OH is 2. The summed E-state index contributed by atoms with van der Waals surface area (Å²) in [6, 6.07) is 5.00. The highest BCUT2D eigenvalue weighted by atomic mass is 16.3. The molecule has 96 valence electrons. The number of benzene rings is 1. The Balaban J connectivity index is 2.11. The molecule has 1 amide bonds. The molecule has 7 heteroatoms. The summed E-state index contributed by atoms with van der Waals surface area (Å²) in [6.45, 7) is 1.34. The van der Waals surface area contributed by atoms with Gasteiger partial charge in [0, 0.05) is 13.5 Å². The molecule has 2 rings (SSSR count). The Morgan fingerprint density at radius 2 is 2.11 bits per heavy atom. The molecule has 0 radical (unpaired) electrons. The smallest absolute Gasteiger partial charge is 0.216 e. The number of carbonyl (C=O) groups excluding carboxylic acids is 1. The molecule has 2 unspecified atom stereocenters. The lowest BCUT2D eigenvalue weighted by atomic mass is 10.0. The van der Waals surface area contributed by atoms with Gasteiger partial charge in [0.25, 0.3) is 0 Å². The molecule has 7 nitrogen and oxygen atoms in total. The van der Waals surface area contributed by atoms with E-state index in [-0.39, 0.29) is 12.5 Å². The molecule has 0 fully saturated rings. The van der Waals surface area contributed by atoms with Gasteiger partial charge in [-0.05, 0) is 17.7 Å². The van der Waals surface area contributed by atoms with Crippen LogP contribution in [-0.4, -0.2) is 44.2 Å². The van der Waals surface area contributed by atoms with Crippen molar-refractivity contribution in [2.45, 2.75) is 19.1 Å². The molecule has 0 spiro atoms. The van der Waals surface area contributed by atoms with E-state index in [9.17, 15) is 15.0 Å². The van der Waals surface area contributed by atoms with Crippen LogP contribution < -0.4 is 5.32 Å². The second-order valence-corrected chi connectivity index (χ2v) is 4.02. The number of fused-ring (bicyclic) bond motifs is 1. The lowest BCUT2D eigenvalue weighted by molar-refractivity contribution is -0.119. The average molecular weight is 250 g/mol. The van der Waals surface area contributed by atoms with Crippen LogP contribution in [0.5, 0.6) is 0 Å². The molecule has 0 aliphatic rings. The van der Waals surface area contributed by atoms with E-state index in [1.165, 1.54) is 6.92 Å². The number of aromatic amines is 1. The van der Waals surface area contributed by atoms with Crippen molar-refractivity contribution in [1.29, 1.82) is 0 Å². The SMILES string of the molecule is CC(=O)NCC(O)C(O)c1ccc2n[nH]nc2c1. The standard InChI is InChI=1S/C11H14N4O3/c1-6(16)12-5-10(17)11(18)7-2-3-8-9(4-7)14-15-13-8/h2-4,10-11,17-18H,5H2,1H3,(H,12,16)(H,13,14,15). The fourth-order valence-corrected chi connectivity index (χ4v) is 1.62. The van der Waals surface area contributed by atoms with Gasteiger partial charge in [0.05, 0.1) is 0 Å². The number of hydrogen-bond acceptors (Lipinski definition) is 5. The minimum absolute atomic E-state index is 0.00659. The Hall–Kier alpha value is -1.99. The summed E-state index contributed by atoms with van der Waals surface area (Å²) >= 11 is 0. The number of carbonyl (C=O) groups is 1. The summed E-state index contributed by atoms with van der Waals surface area (Å²) in [5.41, 5.74) is 1.81. The second-order valence-electron chi connectivity index (χ2n) is 4.02. The minimum Gasteiger partial charge on any atom is -0.388 e. The van der Waals surface area contributed by atoms with E-state index >= 15 is 0 Å². The van der Waals surface area contributed by atoms with Gasteiger partial charge in [-0.2, -0.15) is 15.4 Å². The number of rotatable bonds is 4. The van der Waals surface area contributed by atoms with Gasteiger partial charge in [-0.3, -0.25) is 4.79 Å². The maximum Gasteiger partial charge on any atom is 0.216 e. The van der Waals surface area contributed by atoms with Gasteiger partial charge in [0.15, 0.2) is 0 Å². The van der Waals surface area contributed by atoms with E-state index in [1.807, 2.05) is 0 Å². The number of nitrogens with one attached hydrogen (secondary N) is 2. The number of aliphatic hydroxyl groups is 2. The van der Waals surface area contributed by atoms with Gasteiger partial charge in [-0.1, -0.05) is 6.07 Å². The predicted octanol–water partition coefficient (Wildman–Crippen LogP) is -0.512. The second kappa shape index (κ2) is 5.11. The summed E-state index contributed by atoms with van der Waals surface area (Å²) in [7, 11) is 0. The molecule has 4 N–H and O–H groups in total. The number of H-pyrrole nitrogens is 1. The zero-order chi connectivity index (χ0) is 13.1. The minimum atomic E-state index is -1.09. The highest BCUT2D eigenvalue weighted by Crippen LogP contribution is 2.20. The van der Waals surface area contributed by atoms with Gasteiger partial charge in [0.2, 0.25) is 5.91 Å². The molecule has 1 heterocycles. The van der Waals surface area contributed by atoms with Crippen molar-refractivity contribution in [1.82, 2.24) is 20.7 Å². The third-order valence-corrected chi connectivity index (χ3v) is 2.61. The summed E-state index contributed by atoms with van der Waals surface area (Å²) in [6.07, 6.45) is -2.16. The third-order valence-electron chi connectivity index (χ3n) is 2.61. The molecular formula is C11H14N4O3. The lowest BCUT2D eigenvalue weighted by Gasteiger charge is -2.18. The largest absolute Gasteiger partial charge is 0.388 e. The van der Waals surface area contributed by atoms with Crippen LogP contribution in [0.2, 0.25) is 0 Å². The van der Waals surface area contributed by atoms with Gasteiger partial charge in [-0.25, -0.2) is 0 Å². The van der Waals surface area contributed by atoms with E-state index in [1.54, 1.807) is 18.2 Å². The van der Waals surface area contributed by atoms with Crippen LogP contribution in [0.3, 0.4) is 0 Å². The molecule has 0 bridgehead atoms. The Labute approximate surface area is 103 Å². The average Bonchev–Trinajstić information content (AvgIpc) is 2.81. The normalized spacial score (nSPS) is 14.4. The molecule has 0 aliphatic heterocycles. The van der Waals surface area contributed by atoms with Crippen LogP contribution >= 0.6 is 0 Å². The first-order valence-corrected chi connectivity index (χ1v) is 5.49. The molecule has 0 saturated carbocycles. The first-order valence-electron chi connectivity index (χ1n) is 5.49. The van der Waals surface area contributed by atoms with E-state index in [2.05, 4.69) is 20.7 Å². The van der Waals surface area contributed by atoms with Crippen LogP contribution in [0.25, 0.3) is 11.0 Å². The molecule has 1 aromatic carbocycles. The Kier molecular flexibility index (Phi) is 3.54. The molecule has 2 aromatic rings. The van der Waals surface area contributed by atoms with Crippen molar-refractivity contribution >= 4 is 16.9 Å². The number of amides is 1. The zero-order valence-corrected chi connectivity index (χ0v) is 9.79. The zero-order valence-electron chi connectivity index (χ0n) is 9.79. The van der Waals surface area contributed by atoms with Crippen LogP contribution in [0, 0.1) is 0 Å². The van der Waals surface area contributed by atoms with Crippen molar-refractivity contribution in [3.8, 4) is 0 Å². The van der Waals surface area contributed by atoms with Crippen molar-refractivity contribution in [2.24, 2.45) is 0 Å². The lowest BCUT2D eigenvalue weighted by Crippen LogP contribution is -2.34. The molecule has 1 aromatic heterocycles. The van der Waals surface area contributed by atoms with E-state index < -0.39 is 12.2 Å². The van der Waals surface area contributed by atoms with E-state index in [4.69, 9.17) is 0 Å². The van der Waals surface area contributed by atoms with Crippen LogP contribution in [0.4, 0.5) is 0 Å². The fraction of sp³-hybridized carbons (Fsp3) is 0.364. The quantitative estimate of drug-likeness (QED) is 0.584. The van der Waals surface area contributed by atoms with Crippen LogP contribution in [0.15, 0.2) is 18.2 Å². The van der Waals surface area contributed by atoms with Gasteiger partial charge in [0.1, 0.15) is 23.2 Å². The Morgan fingerprint density at radius 3 is 2.83 bits per heavy atom. The first kappa shape index (κ1) is 12.5. The summed E-state index contributed by atoms with van der Waals surface area (Å²) in [5.74, 6) is -0.256. The highest BCUT2D eigenvalue weighted by Gasteiger charge is 2.19. The van der Waals surface area contributed by atoms with Gasteiger partial charge >= 0.3 is 0 Å². The van der Waals surface area contributed by atoms with Crippen molar-refractivity contribution in [2.75, 3.05) is 6.54 Å².